The molecule has 6 nitrogen and oxygen atoms in total. The highest BCUT2D eigenvalue weighted by Gasteiger charge is 2.28. The van der Waals surface area contributed by atoms with E-state index in [1.165, 1.54) is 0 Å². The van der Waals surface area contributed by atoms with E-state index in [4.69, 9.17) is 9.84 Å². The molecule has 0 bridgehead atoms. The monoisotopic (exact) mass is 395 g/mol. The van der Waals surface area contributed by atoms with Gasteiger partial charge in [-0.15, -0.1) is 0 Å². The van der Waals surface area contributed by atoms with Gasteiger partial charge in [0.2, 0.25) is 0 Å². The third-order valence-corrected chi connectivity index (χ3v) is 6.04. The van der Waals surface area contributed by atoms with Crippen molar-refractivity contribution in [1.29, 1.82) is 0 Å². The summed E-state index contributed by atoms with van der Waals surface area (Å²) in [4.78, 5) is 13.1. The number of ether oxygens (including phenoxy) is 1. The van der Waals surface area contributed by atoms with Crippen molar-refractivity contribution < 1.29 is 14.6 Å². The average Bonchev–Trinajstić information content (AvgIpc) is 3.15. The van der Waals surface area contributed by atoms with E-state index in [0.29, 0.717) is 12.6 Å². The molecule has 0 saturated heterocycles. The molecule has 154 valence electrons. The molecular weight excluding hydrogens is 366 g/mol. The van der Waals surface area contributed by atoms with Gasteiger partial charge in [0.15, 0.2) is 5.88 Å². The number of anilines is 1. The maximum Gasteiger partial charge on any atom is 0.193 e. The van der Waals surface area contributed by atoms with Crippen molar-refractivity contribution in [2.75, 3.05) is 18.6 Å². The Morgan fingerprint density at radius 3 is 2.66 bits per heavy atom. The van der Waals surface area contributed by atoms with Gasteiger partial charge in [-0.05, 0) is 57.7 Å². The number of aromatic nitrogens is 2. The molecule has 4 rings (SSSR count). The maximum atomic E-state index is 11.0. The van der Waals surface area contributed by atoms with Crippen LogP contribution in [0.5, 0.6) is 0 Å². The average molecular weight is 396 g/mol. The first kappa shape index (κ1) is 19.7. The number of benzene rings is 1. The predicted molar refractivity (Wildman–Crippen MR) is 114 cm³/mol. The molecule has 1 saturated carbocycles. The van der Waals surface area contributed by atoms with E-state index in [1.807, 2.05) is 22.9 Å². The van der Waals surface area contributed by atoms with Crippen molar-refractivity contribution in [2.24, 2.45) is 5.92 Å². The van der Waals surface area contributed by atoms with Crippen molar-refractivity contribution >= 4 is 22.9 Å². The minimum absolute atomic E-state index is 0.191. The van der Waals surface area contributed by atoms with Crippen LogP contribution in [0.2, 0.25) is 0 Å². The molecule has 29 heavy (non-hydrogen) atoms. The predicted octanol–water partition coefficient (Wildman–Crippen LogP) is 4.06. The number of hydrogen-bond donors (Lipinski definition) is 1. The van der Waals surface area contributed by atoms with E-state index >= 15 is 0 Å². The molecule has 1 aliphatic carbocycles. The molecule has 1 fully saturated rings. The summed E-state index contributed by atoms with van der Waals surface area (Å²) in [7, 11) is 1.66. The van der Waals surface area contributed by atoms with Gasteiger partial charge in [-0.25, -0.2) is 0 Å². The largest absolute Gasteiger partial charge is 0.482 e. The van der Waals surface area contributed by atoms with Gasteiger partial charge in [0.05, 0.1) is 30.0 Å². The van der Waals surface area contributed by atoms with Gasteiger partial charge in [0.25, 0.3) is 0 Å². The van der Waals surface area contributed by atoms with Crippen molar-refractivity contribution in [3.05, 3.63) is 48.0 Å². The number of aldehydes is 1. The maximum absolute atomic E-state index is 11.0. The van der Waals surface area contributed by atoms with E-state index in [2.05, 4.69) is 23.2 Å². The van der Waals surface area contributed by atoms with E-state index in [-0.39, 0.29) is 5.92 Å². The first-order valence-electron chi connectivity index (χ1n) is 10.3. The fraction of sp³-hybridized carbons (Fsp3) is 0.478. The summed E-state index contributed by atoms with van der Waals surface area (Å²) in [5, 5.41) is 16.7. The number of fused-ring (bicyclic) bond motifs is 1. The van der Waals surface area contributed by atoms with Gasteiger partial charge in [-0.2, -0.15) is 5.10 Å². The number of rotatable bonds is 5. The highest BCUT2D eigenvalue weighted by molar-refractivity contribution is 5.85. The third kappa shape index (κ3) is 3.81. The van der Waals surface area contributed by atoms with Crippen LogP contribution in [0, 0.1) is 5.92 Å². The minimum atomic E-state index is -1.02. The van der Waals surface area contributed by atoms with E-state index in [1.54, 1.807) is 21.0 Å². The van der Waals surface area contributed by atoms with Gasteiger partial charge >= 0.3 is 0 Å². The van der Waals surface area contributed by atoms with Gasteiger partial charge in [0, 0.05) is 29.6 Å². The molecule has 0 amide bonds. The van der Waals surface area contributed by atoms with Crippen molar-refractivity contribution in [2.45, 2.75) is 51.2 Å². The Morgan fingerprint density at radius 1 is 1.24 bits per heavy atom. The summed E-state index contributed by atoms with van der Waals surface area (Å²) in [6.45, 7) is 4.27. The molecule has 0 spiro atoms. The Hall–Kier alpha value is -2.60. The highest BCUT2D eigenvalue weighted by atomic mass is 16.5. The zero-order chi connectivity index (χ0) is 20.6. The molecule has 0 radical (unpaired) electrons. The zero-order valence-corrected chi connectivity index (χ0v) is 17.3. The quantitative estimate of drug-likeness (QED) is 0.774. The lowest BCUT2D eigenvalue weighted by atomic mass is 9.87. The summed E-state index contributed by atoms with van der Waals surface area (Å²) >= 11 is 0. The van der Waals surface area contributed by atoms with Crippen LogP contribution >= 0.6 is 0 Å². The van der Waals surface area contributed by atoms with Crippen LogP contribution in [0.15, 0.2) is 42.4 Å². The number of nitrogens with zero attached hydrogens (tertiary/aromatic N) is 3. The lowest BCUT2D eigenvalue weighted by molar-refractivity contribution is -0.112. The first-order valence-corrected chi connectivity index (χ1v) is 10.3. The second-order valence-electron chi connectivity index (χ2n) is 8.55. The molecular formula is C23H29N3O3. The standard InChI is InChI=1S/C23H29N3O3/c1-23(2,28)19-13-20-17(12-21(19)25-11-5-4-6-22(25)29-3)14-26(24-20)18-9-7-16(15-27)8-10-18/h4-6,12-16,18,28H,7-11H2,1-3H3. The smallest absolute Gasteiger partial charge is 0.193 e. The molecule has 1 aromatic heterocycles. The molecule has 2 aromatic rings. The summed E-state index contributed by atoms with van der Waals surface area (Å²) in [5.41, 5.74) is 1.60. The SMILES string of the molecule is COC1=CC=CCN1c1cc2cn(C3CCC(C=O)CC3)nc2cc1C(C)(C)O. The molecule has 6 heteroatoms. The summed E-state index contributed by atoms with van der Waals surface area (Å²) in [6, 6.07) is 4.40. The van der Waals surface area contributed by atoms with Crippen LogP contribution in [0.4, 0.5) is 5.69 Å². The van der Waals surface area contributed by atoms with Gasteiger partial charge in [-0.1, -0.05) is 12.2 Å². The van der Waals surface area contributed by atoms with Crippen LogP contribution in [-0.4, -0.2) is 34.8 Å². The number of aliphatic hydroxyl groups is 1. The van der Waals surface area contributed by atoms with E-state index in [0.717, 1.165) is 60.0 Å². The number of methoxy groups -OCH3 is 1. The highest BCUT2D eigenvalue weighted by Crippen LogP contribution is 2.38. The van der Waals surface area contributed by atoms with Crippen LogP contribution in [0.3, 0.4) is 0 Å². The summed E-state index contributed by atoms with van der Waals surface area (Å²) < 4.78 is 7.61. The summed E-state index contributed by atoms with van der Waals surface area (Å²) in [5.74, 6) is 0.938. The minimum Gasteiger partial charge on any atom is -0.482 e. The number of carbonyl (C=O) groups is 1. The lowest BCUT2D eigenvalue weighted by Crippen LogP contribution is -2.29. The van der Waals surface area contributed by atoms with Crippen molar-refractivity contribution in [3.8, 4) is 0 Å². The number of carbonyl (C=O) groups excluding carboxylic acids is 1. The molecule has 1 N–H and O–H groups in total. The van der Waals surface area contributed by atoms with Crippen molar-refractivity contribution in [1.82, 2.24) is 9.78 Å². The van der Waals surface area contributed by atoms with Crippen LogP contribution < -0.4 is 4.90 Å². The lowest BCUT2D eigenvalue weighted by Gasteiger charge is -2.32. The Morgan fingerprint density at radius 2 is 2.00 bits per heavy atom. The number of hydrogen-bond acceptors (Lipinski definition) is 5. The van der Waals surface area contributed by atoms with Crippen LogP contribution in [-0.2, 0) is 15.1 Å². The molecule has 2 aliphatic rings. The van der Waals surface area contributed by atoms with Gasteiger partial charge in [-0.3, -0.25) is 4.68 Å². The van der Waals surface area contributed by atoms with E-state index < -0.39 is 5.60 Å². The Labute approximate surface area is 171 Å². The van der Waals surface area contributed by atoms with Gasteiger partial charge in [0.1, 0.15) is 6.29 Å². The Balaban J connectivity index is 1.75. The Kier molecular flexibility index (Phi) is 5.21. The second-order valence-corrected chi connectivity index (χ2v) is 8.55. The van der Waals surface area contributed by atoms with Gasteiger partial charge < -0.3 is 19.5 Å². The molecule has 2 heterocycles. The first-order chi connectivity index (χ1) is 13.9. The van der Waals surface area contributed by atoms with Crippen LogP contribution in [0.1, 0.15) is 51.1 Å². The molecule has 1 aliphatic heterocycles. The normalized spacial score (nSPS) is 22.6. The number of allylic oxidation sites excluding steroid dienone is 2. The zero-order valence-electron chi connectivity index (χ0n) is 17.3. The fourth-order valence-electron chi connectivity index (χ4n) is 4.37. The third-order valence-electron chi connectivity index (χ3n) is 6.04. The molecule has 0 unspecified atom stereocenters. The topological polar surface area (TPSA) is 67.6 Å². The van der Waals surface area contributed by atoms with E-state index in [9.17, 15) is 9.90 Å². The molecule has 1 aromatic carbocycles. The second kappa shape index (κ2) is 7.67. The fourth-order valence-corrected chi connectivity index (χ4v) is 4.37. The van der Waals surface area contributed by atoms with Crippen molar-refractivity contribution in [3.63, 3.8) is 0 Å². The van der Waals surface area contributed by atoms with Crippen LogP contribution in [0.25, 0.3) is 10.9 Å². The Bertz CT molecular complexity index is 960. The summed E-state index contributed by atoms with van der Waals surface area (Å²) in [6.07, 6.45) is 12.9. The molecule has 0 atom stereocenters.